The summed E-state index contributed by atoms with van der Waals surface area (Å²) in [5.74, 6) is 0.740. The highest BCUT2D eigenvalue weighted by atomic mass is 16.3. The van der Waals surface area contributed by atoms with E-state index in [9.17, 15) is 9.90 Å². The summed E-state index contributed by atoms with van der Waals surface area (Å²) in [7, 11) is 0. The average Bonchev–Trinajstić information content (AvgIpc) is 2.52. The van der Waals surface area contributed by atoms with Crippen molar-refractivity contribution in [2.75, 3.05) is 26.2 Å². The molecule has 0 radical (unpaired) electrons. The molecule has 24 heavy (non-hydrogen) atoms. The van der Waals surface area contributed by atoms with Gasteiger partial charge in [-0.15, -0.1) is 0 Å². The normalized spacial score (nSPS) is 21.1. The fourth-order valence-corrected chi connectivity index (χ4v) is 3.34. The van der Waals surface area contributed by atoms with Crippen molar-refractivity contribution >= 4 is 6.03 Å². The fraction of sp³-hybridized carbons (Fsp3) is 0.632. The van der Waals surface area contributed by atoms with Crippen LogP contribution in [-0.4, -0.2) is 48.3 Å². The van der Waals surface area contributed by atoms with Crippen LogP contribution in [0.1, 0.15) is 43.9 Å². The number of nitrogens with one attached hydrogen (secondary N) is 2. The van der Waals surface area contributed by atoms with Gasteiger partial charge in [-0.05, 0) is 44.7 Å². The van der Waals surface area contributed by atoms with Crippen LogP contribution >= 0.6 is 0 Å². The molecule has 0 aromatic heterocycles. The molecule has 1 saturated heterocycles. The smallest absolute Gasteiger partial charge is 0.315 e. The molecule has 1 aromatic rings. The fourth-order valence-electron chi connectivity index (χ4n) is 3.34. The summed E-state index contributed by atoms with van der Waals surface area (Å²) in [5.41, 5.74) is 1.92. The molecule has 1 aliphatic rings. The van der Waals surface area contributed by atoms with Gasteiger partial charge in [-0.25, -0.2) is 4.79 Å². The van der Waals surface area contributed by atoms with Crippen LogP contribution in [0.4, 0.5) is 4.79 Å². The van der Waals surface area contributed by atoms with Gasteiger partial charge >= 0.3 is 6.03 Å². The minimum atomic E-state index is -0.686. The van der Waals surface area contributed by atoms with E-state index in [1.165, 1.54) is 12.8 Å². The Morgan fingerprint density at radius 3 is 2.96 bits per heavy atom. The number of benzene rings is 1. The lowest BCUT2D eigenvalue weighted by Crippen LogP contribution is -2.48. The van der Waals surface area contributed by atoms with Crippen LogP contribution < -0.4 is 10.6 Å². The zero-order valence-corrected chi connectivity index (χ0v) is 15.1. The number of hydrogen-bond donors (Lipinski definition) is 3. The predicted molar refractivity (Wildman–Crippen MR) is 97.0 cm³/mol. The molecular formula is C19H31N3O2. The SMILES string of the molecule is Cc1cccc(C(O)CNC(=O)NC(C)CN2CCCC(C)C2)c1. The maximum atomic E-state index is 12.0. The minimum Gasteiger partial charge on any atom is -0.387 e. The largest absolute Gasteiger partial charge is 0.387 e. The summed E-state index contributed by atoms with van der Waals surface area (Å²) in [6.07, 6.45) is 1.85. The Hall–Kier alpha value is -1.59. The number of amides is 2. The van der Waals surface area contributed by atoms with Gasteiger partial charge in [-0.2, -0.15) is 0 Å². The Kier molecular flexibility index (Phi) is 7.06. The highest BCUT2D eigenvalue weighted by molar-refractivity contribution is 5.74. The second kappa shape index (κ2) is 9.04. The zero-order chi connectivity index (χ0) is 17.5. The van der Waals surface area contributed by atoms with Gasteiger partial charge in [0.1, 0.15) is 0 Å². The first-order chi connectivity index (χ1) is 11.4. The zero-order valence-electron chi connectivity index (χ0n) is 15.1. The number of likely N-dealkylation sites (tertiary alicyclic amines) is 1. The number of carbonyl (C=O) groups excluding carboxylic acids is 1. The summed E-state index contributed by atoms with van der Waals surface area (Å²) in [6.45, 7) is 9.60. The number of aliphatic hydroxyl groups excluding tert-OH is 1. The molecule has 3 atom stereocenters. The Labute approximate surface area is 145 Å². The molecule has 1 heterocycles. The number of nitrogens with zero attached hydrogens (tertiary/aromatic N) is 1. The first-order valence-electron chi connectivity index (χ1n) is 8.95. The Morgan fingerprint density at radius 1 is 1.46 bits per heavy atom. The van der Waals surface area contributed by atoms with Gasteiger partial charge in [0, 0.05) is 25.7 Å². The molecule has 134 valence electrons. The predicted octanol–water partition coefficient (Wildman–Crippen LogP) is 2.45. The molecule has 2 rings (SSSR count). The summed E-state index contributed by atoms with van der Waals surface area (Å²) in [5, 5.41) is 15.9. The lowest BCUT2D eigenvalue weighted by Gasteiger charge is -2.32. The highest BCUT2D eigenvalue weighted by Crippen LogP contribution is 2.15. The summed E-state index contributed by atoms with van der Waals surface area (Å²) >= 11 is 0. The van der Waals surface area contributed by atoms with Crippen LogP contribution in [0.25, 0.3) is 0 Å². The topological polar surface area (TPSA) is 64.6 Å². The van der Waals surface area contributed by atoms with Crippen LogP contribution in [0.15, 0.2) is 24.3 Å². The first kappa shape index (κ1) is 18.7. The maximum Gasteiger partial charge on any atom is 0.315 e. The van der Waals surface area contributed by atoms with Crippen LogP contribution in [0.3, 0.4) is 0 Å². The van der Waals surface area contributed by atoms with E-state index in [0.29, 0.717) is 0 Å². The number of hydrogen-bond acceptors (Lipinski definition) is 3. The number of piperidine rings is 1. The van der Waals surface area contributed by atoms with Crippen molar-refractivity contribution < 1.29 is 9.90 Å². The van der Waals surface area contributed by atoms with Crippen molar-refractivity contribution in [2.24, 2.45) is 5.92 Å². The van der Waals surface area contributed by atoms with E-state index in [4.69, 9.17) is 0 Å². The van der Waals surface area contributed by atoms with E-state index in [1.54, 1.807) is 0 Å². The lowest BCUT2D eigenvalue weighted by atomic mass is 10.00. The Morgan fingerprint density at radius 2 is 2.25 bits per heavy atom. The van der Waals surface area contributed by atoms with Crippen molar-refractivity contribution in [1.82, 2.24) is 15.5 Å². The molecular weight excluding hydrogens is 302 g/mol. The van der Waals surface area contributed by atoms with E-state index >= 15 is 0 Å². The van der Waals surface area contributed by atoms with Gasteiger partial charge in [0.25, 0.3) is 0 Å². The van der Waals surface area contributed by atoms with Crippen LogP contribution in [0.2, 0.25) is 0 Å². The second-order valence-corrected chi connectivity index (χ2v) is 7.19. The third-order valence-corrected chi connectivity index (χ3v) is 4.53. The molecule has 0 saturated carbocycles. The monoisotopic (exact) mass is 333 g/mol. The van der Waals surface area contributed by atoms with Gasteiger partial charge in [0.2, 0.25) is 0 Å². The van der Waals surface area contributed by atoms with Gasteiger partial charge in [-0.3, -0.25) is 0 Å². The molecule has 0 bridgehead atoms. The first-order valence-corrected chi connectivity index (χ1v) is 8.95. The number of aryl methyl sites for hydroxylation is 1. The number of urea groups is 1. The molecule has 1 aromatic carbocycles. The van der Waals surface area contributed by atoms with Gasteiger partial charge < -0.3 is 20.6 Å². The molecule has 5 nitrogen and oxygen atoms in total. The maximum absolute atomic E-state index is 12.0. The van der Waals surface area contributed by atoms with Crippen LogP contribution in [0, 0.1) is 12.8 Å². The van der Waals surface area contributed by atoms with Gasteiger partial charge in [0.15, 0.2) is 0 Å². The quantitative estimate of drug-likeness (QED) is 0.749. The van der Waals surface area contributed by atoms with E-state index in [1.807, 2.05) is 38.1 Å². The van der Waals surface area contributed by atoms with Crippen molar-refractivity contribution in [1.29, 1.82) is 0 Å². The third-order valence-electron chi connectivity index (χ3n) is 4.53. The number of rotatable bonds is 6. The molecule has 1 aliphatic heterocycles. The van der Waals surface area contributed by atoms with Crippen molar-refractivity contribution in [3.8, 4) is 0 Å². The van der Waals surface area contributed by atoms with Gasteiger partial charge in [-0.1, -0.05) is 36.8 Å². The third kappa shape index (κ3) is 6.13. The number of aliphatic hydroxyl groups is 1. The van der Waals surface area contributed by atoms with E-state index < -0.39 is 6.10 Å². The Balaban J connectivity index is 1.70. The van der Waals surface area contributed by atoms with Gasteiger partial charge in [0.05, 0.1) is 6.10 Å². The van der Waals surface area contributed by atoms with Crippen molar-refractivity contribution in [2.45, 2.75) is 45.8 Å². The molecule has 3 N–H and O–H groups in total. The number of carbonyl (C=O) groups is 1. The van der Waals surface area contributed by atoms with E-state index in [0.717, 1.165) is 36.7 Å². The summed E-state index contributed by atoms with van der Waals surface area (Å²) in [6, 6.07) is 7.57. The van der Waals surface area contributed by atoms with E-state index in [2.05, 4.69) is 22.5 Å². The molecule has 5 heteroatoms. The molecule has 1 fully saturated rings. The molecule has 0 spiro atoms. The van der Waals surface area contributed by atoms with Crippen LogP contribution in [-0.2, 0) is 0 Å². The summed E-state index contributed by atoms with van der Waals surface area (Å²) < 4.78 is 0. The van der Waals surface area contributed by atoms with E-state index in [-0.39, 0.29) is 18.6 Å². The highest BCUT2D eigenvalue weighted by Gasteiger charge is 2.19. The average molecular weight is 333 g/mol. The lowest BCUT2D eigenvalue weighted by molar-refractivity contribution is 0.163. The molecule has 3 unspecified atom stereocenters. The van der Waals surface area contributed by atoms with Crippen molar-refractivity contribution in [3.63, 3.8) is 0 Å². The van der Waals surface area contributed by atoms with Crippen LogP contribution in [0.5, 0.6) is 0 Å². The Bertz CT molecular complexity index is 535. The standard InChI is InChI=1S/C19H31N3O2/c1-14-6-4-8-17(10-14)18(23)11-20-19(24)21-16(3)13-22-9-5-7-15(2)12-22/h4,6,8,10,15-16,18,23H,5,7,9,11-13H2,1-3H3,(H2,20,21,24). The molecule has 2 amide bonds. The minimum absolute atomic E-state index is 0.0893. The second-order valence-electron chi connectivity index (χ2n) is 7.19. The molecule has 0 aliphatic carbocycles. The van der Waals surface area contributed by atoms with Crippen molar-refractivity contribution in [3.05, 3.63) is 35.4 Å². The summed E-state index contributed by atoms with van der Waals surface area (Å²) in [4.78, 5) is 14.4.